The number of amides is 1. The second-order valence-electron chi connectivity index (χ2n) is 9.49. The first-order valence-electron chi connectivity index (χ1n) is 11.3. The van der Waals surface area contributed by atoms with Crippen molar-refractivity contribution in [3.63, 3.8) is 0 Å². The van der Waals surface area contributed by atoms with Gasteiger partial charge >= 0.3 is 6.09 Å². The van der Waals surface area contributed by atoms with Crippen LogP contribution in [0.15, 0.2) is 55.0 Å². The maximum atomic E-state index is 12.5. The van der Waals surface area contributed by atoms with Gasteiger partial charge in [0.1, 0.15) is 11.3 Å². The fourth-order valence-electron chi connectivity index (χ4n) is 4.28. The van der Waals surface area contributed by atoms with Gasteiger partial charge in [0, 0.05) is 48.5 Å². The summed E-state index contributed by atoms with van der Waals surface area (Å²) < 4.78 is 7.46. The van der Waals surface area contributed by atoms with Crippen LogP contribution in [0.3, 0.4) is 0 Å². The molecule has 1 atom stereocenters. The Hall–Kier alpha value is -3.68. The molecule has 0 radical (unpaired) electrons. The molecular weight excluding hydrogens is 416 g/mol. The highest BCUT2D eigenvalue weighted by Crippen LogP contribution is 2.30. The number of nitrogens with zero attached hydrogens (tertiary/aromatic N) is 5. The molecule has 0 aliphatic carbocycles. The van der Waals surface area contributed by atoms with Crippen molar-refractivity contribution in [1.29, 1.82) is 0 Å². The van der Waals surface area contributed by atoms with Crippen molar-refractivity contribution in [3.8, 4) is 16.9 Å². The second kappa shape index (κ2) is 8.35. The van der Waals surface area contributed by atoms with Gasteiger partial charge in [0.05, 0.1) is 16.9 Å². The number of likely N-dealkylation sites (tertiary alicyclic amines) is 1. The van der Waals surface area contributed by atoms with Gasteiger partial charge < -0.3 is 9.64 Å². The van der Waals surface area contributed by atoms with Crippen LogP contribution < -0.4 is 0 Å². The van der Waals surface area contributed by atoms with Crippen LogP contribution >= 0.6 is 0 Å². The molecule has 1 unspecified atom stereocenters. The summed E-state index contributed by atoms with van der Waals surface area (Å²) in [4.78, 5) is 18.4. The number of carbonyl (C=O) groups excluding carboxylic acids is 1. The van der Waals surface area contributed by atoms with Gasteiger partial charge in [-0.1, -0.05) is 0 Å². The van der Waals surface area contributed by atoms with Gasteiger partial charge in [0.25, 0.3) is 0 Å². The second-order valence-corrected chi connectivity index (χ2v) is 9.49. The predicted molar refractivity (Wildman–Crippen MR) is 126 cm³/mol. The van der Waals surface area contributed by atoms with E-state index in [-0.39, 0.29) is 12.0 Å². The highest BCUT2D eigenvalue weighted by atomic mass is 16.6. The van der Waals surface area contributed by atoms with E-state index in [0.717, 1.165) is 52.9 Å². The predicted octanol–water partition coefficient (Wildman–Crippen LogP) is 4.93. The van der Waals surface area contributed by atoms with E-state index in [1.165, 1.54) is 0 Å². The highest BCUT2D eigenvalue weighted by Gasteiger charge is 2.29. The number of hydrogen-bond donors (Lipinski definition) is 1. The zero-order valence-electron chi connectivity index (χ0n) is 19.2. The Morgan fingerprint density at radius 3 is 2.76 bits per heavy atom. The van der Waals surface area contributed by atoms with Gasteiger partial charge in [-0.2, -0.15) is 10.2 Å². The molecule has 1 fully saturated rings. The minimum absolute atomic E-state index is 0.192. The Balaban J connectivity index is 1.38. The summed E-state index contributed by atoms with van der Waals surface area (Å²) in [7, 11) is 0. The van der Waals surface area contributed by atoms with Crippen LogP contribution in [0.2, 0.25) is 0 Å². The van der Waals surface area contributed by atoms with Gasteiger partial charge in [0.2, 0.25) is 0 Å². The van der Waals surface area contributed by atoms with E-state index in [9.17, 15) is 4.79 Å². The molecule has 1 N–H and O–H groups in total. The number of aromatic nitrogens is 5. The smallest absolute Gasteiger partial charge is 0.410 e. The van der Waals surface area contributed by atoms with Crippen molar-refractivity contribution < 1.29 is 9.53 Å². The molecule has 170 valence electrons. The summed E-state index contributed by atoms with van der Waals surface area (Å²) in [6.07, 6.45) is 7.21. The third kappa shape index (κ3) is 4.46. The quantitative estimate of drug-likeness (QED) is 0.484. The Labute approximate surface area is 192 Å². The van der Waals surface area contributed by atoms with E-state index in [0.29, 0.717) is 6.54 Å². The summed E-state index contributed by atoms with van der Waals surface area (Å²) in [6.45, 7) is 7.03. The van der Waals surface area contributed by atoms with Crippen LogP contribution in [0.4, 0.5) is 4.79 Å². The Morgan fingerprint density at radius 2 is 1.97 bits per heavy atom. The summed E-state index contributed by atoms with van der Waals surface area (Å²) in [6, 6.07) is 12.1. The number of H-pyrrole nitrogens is 1. The molecule has 8 nitrogen and oxygen atoms in total. The maximum absolute atomic E-state index is 12.5. The van der Waals surface area contributed by atoms with Crippen LogP contribution in [-0.4, -0.2) is 54.6 Å². The van der Waals surface area contributed by atoms with Gasteiger partial charge in [-0.25, -0.2) is 9.48 Å². The normalized spacial score (nSPS) is 16.8. The first kappa shape index (κ1) is 21.2. The molecule has 1 aliphatic rings. The molecule has 5 rings (SSSR count). The van der Waals surface area contributed by atoms with Crippen molar-refractivity contribution in [2.24, 2.45) is 0 Å². The van der Waals surface area contributed by atoms with Gasteiger partial charge in [0.15, 0.2) is 0 Å². The summed E-state index contributed by atoms with van der Waals surface area (Å²) in [5.74, 6) is 0.192. The molecule has 1 aromatic carbocycles. The SMILES string of the molecule is CC(C)(C)OC(=O)N1CCCC(c2ccn(-c3ccc4[nH]nc(-c5ccncc5)c4c3)n2)C1. The van der Waals surface area contributed by atoms with Gasteiger partial charge in [-0.3, -0.25) is 10.1 Å². The molecule has 1 aliphatic heterocycles. The number of aromatic amines is 1. The first-order valence-corrected chi connectivity index (χ1v) is 11.3. The fourth-order valence-corrected chi connectivity index (χ4v) is 4.28. The van der Waals surface area contributed by atoms with E-state index in [4.69, 9.17) is 9.84 Å². The molecule has 0 bridgehead atoms. The van der Waals surface area contributed by atoms with E-state index in [2.05, 4.69) is 21.2 Å². The molecule has 3 aromatic heterocycles. The van der Waals surface area contributed by atoms with Crippen LogP contribution in [0.25, 0.3) is 27.8 Å². The number of fused-ring (bicyclic) bond motifs is 1. The lowest BCUT2D eigenvalue weighted by Crippen LogP contribution is -2.42. The van der Waals surface area contributed by atoms with Crippen molar-refractivity contribution in [3.05, 3.63) is 60.7 Å². The van der Waals surface area contributed by atoms with Crippen molar-refractivity contribution in [1.82, 2.24) is 29.9 Å². The van der Waals surface area contributed by atoms with E-state index < -0.39 is 5.60 Å². The van der Waals surface area contributed by atoms with Crippen LogP contribution in [-0.2, 0) is 4.74 Å². The largest absolute Gasteiger partial charge is 0.444 e. The third-order valence-corrected chi connectivity index (χ3v) is 5.87. The lowest BCUT2D eigenvalue weighted by atomic mass is 9.95. The average molecular weight is 445 g/mol. The number of carbonyl (C=O) groups is 1. The third-order valence-electron chi connectivity index (χ3n) is 5.87. The summed E-state index contributed by atoms with van der Waals surface area (Å²) in [5, 5.41) is 13.5. The van der Waals surface area contributed by atoms with Gasteiger partial charge in [-0.15, -0.1) is 0 Å². The van der Waals surface area contributed by atoms with Crippen LogP contribution in [0.1, 0.15) is 45.2 Å². The number of benzene rings is 1. The van der Waals surface area contributed by atoms with Crippen LogP contribution in [0, 0.1) is 0 Å². The molecule has 0 spiro atoms. The summed E-state index contributed by atoms with van der Waals surface area (Å²) in [5.41, 5.74) is 4.33. The topological polar surface area (TPSA) is 88.9 Å². The zero-order chi connectivity index (χ0) is 23.0. The van der Waals surface area contributed by atoms with Crippen molar-refractivity contribution >= 4 is 17.0 Å². The highest BCUT2D eigenvalue weighted by molar-refractivity contribution is 5.94. The minimum atomic E-state index is -0.494. The number of ether oxygens (including phenoxy) is 1. The van der Waals surface area contributed by atoms with Crippen LogP contribution in [0.5, 0.6) is 0 Å². The van der Waals surface area contributed by atoms with E-state index >= 15 is 0 Å². The first-order chi connectivity index (χ1) is 15.9. The molecular formula is C25H28N6O2. The average Bonchev–Trinajstić information content (AvgIpc) is 3.46. The van der Waals surface area contributed by atoms with E-state index in [1.807, 2.05) is 62.0 Å². The number of hydrogen-bond acceptors (Lipinski definition) is 5. The maximum Gasteiger partial charge on any atom is 0.410 e. The van der Waals surface area contributed by atoms with Crippen molar-refractivity contribution in [2.75, 3.05) is 13.1 Å². The molecule has 0 saturated carbocycles. The summed E-state index contributed by atoms with van der Waals surface area (Å²) >= 11 is 0. The lowest BCUT2D eigenvalue weighted by Gasteiger charge is -2.33. The Kier molecular flexibility index (Phi) is 5.36. The Morgan fingerprint density at radius 1 is 1.15 bits per heavy atom. The number of piperidine rings is 1. The van der Waals surface area contributed by atoms with Gasteiger partial charge in [-0.05, 0) is 70.0 Å². The van der Waals surface area contributed by atoms with E-state index in [1.54, 1.807) is 17.3 Å². The molecule has 1 amide bonds. The molecule has 4 aromatic rings. The lowest BCUT2D eigenvalue weighted by molar-refractivity contribution is 0.0197. The molecule has 4 heterocycles. The number of rotatable bonds is 3. The fraction of sp³-hybridized carbons (Fsp3) is 0.360. The monoisotopic (exact) mass is 444 g/mol. The molecule has 8 heteroatoms. The minimum Gasteiger partial charge on any atom is -0.444 e. The number of nitrogens with one attached hydrogen (secondary N) is 1. The van der Waals surface area contributed by atoms with Crippen molar-refractivity contribution in [2.45, 2.75) is 45.1 Å². The number of pyridine rings is 1. The molecule has 33 heavy (non-hydrogen) atoms. The Bertz CT molecular complexity index is 1270. The zero-order valence-corrected chi connectivity index (χ0v) is 19.2. The molecule has 1 saturated heterocycles. The standard InChI is InChI=1S/C25H28N6O2/c1-25(2,3)33-24(32)30-13-4-5-18(16-30)21-10-14-31(29-21)19-6-7-22-20(15-19)23(28-27-22)17-8-11-26-12-9-17/h6-12,14-15,18H,4-5,13,16H2,1-3H3,(H,27,28).